The van der Waals surface area contributed by atoms with Crippen molar-refractivity contribution in [1.82, 2.24) is 4.90 Å². The molecule has 0 radical (unpaired) electrons. The summed E-state index contributed by atoms with van der Waals surface area (Å²) in [6.07, 6.45) is -0.362. The number of alkyl halides is 1. The smallest absolute Gasteiger partial charge is 0.409 e. The second-order valence-electron chi connectivity index (χ2n) is 10.9. The maximum absolute atomic E-state index is 12.6. The fraction of sp³-hybridized carbons (Fsp3) is 0.639. The Morgan fingerprint density at radius 2 is 0.857 bits per heavy atom. The zero-order valence-electron chi connectivity index (χ0n) is 28.9. The van der Waals surface area contributed by atoms with Gasteiger partial charge in [0.25, 0.3) is 0 Å². The third-order valence-corrected chi connectivity index (χ3v) is 7.74. The maximum Gasteiger partial charge on any atom is 0.409 e. The fourth-order valence-corrected chi connectivity index (χ4v) is 5.14. The molecule has 0 spiro atoms. The van der Waals surface area contributed by atoms with Gasteiger partial charge in [-0.15, -0.1) is 0 Å². The molecule has 0 fully saturated rings. The summed E-state index contributed by atoms with van der Waals surface area (Å²) in [6, 6.07) is 16.6. The largest absolute Gasteiger partial charge is 0.448 e. The van der Waals surface area contributed by atoms with Gasteiger partial charge in [-0.2, -0.15) is 0 Å². The summed E-state index contributed by atoms with van der Waals surface area (Å²) in [4.78, 5) is 14.1. The number of halogens is 1. The lowest BCUT2D eigenvalue weighted by molar-refractivity contribution is -0.0249. The van der Waals surface area contributed by atoms with Crippen LogP contribution in [0.25, 0.3) is 11.1 Å². The van der Waals surface area contributed by atoms with Crippen molar-refractivity contribution in [3.8, 4) is 11.1 Å². The van der Waals surface area contributed by atoms with Gasteiger partial charge in [-0.3, -0.25) is 0 Å². The Labute approximate surface area is 299 Å². The first-order valence-corrected chi connectivity index (χ1v) is 18.2. The highest BCUT2D eigenvalue weighted by atomic mass is 79.9. The van der Waals surface area contributed by atoms with Crippen molar-refractivity contribution in [2.45, 2.75) is 5.92 Å². The first-order valence-electron chi connectivity index (χ1n) is 17.0. The van der Waals surface area contributed by atoms with Crippen molar-refractivity contribution < 1.29 is 52.2 Å². The molecule has 49 heavy (non-hydrogen) atoms. The highest BCUT2D eigenvalue weighted by Gasteiger charge is 2.29. The van der Waals surface area contributed by atoms with Gasteiger partial charge in [0.2, 0.25) is 0 Å². The SMILES string of the molecule is CN(CCOCCOCCOCCOCCOCCOCCOCCOCCOCCBr)C(=O)OCC1c2ccccc2-c2ccccc21. The number of hydrogen-bond acceptors (Lipinski definition) is 11. The number of hydrogen-bond donors (Lipinski definition) is 0. The molecule has 0 saturated carbocycles. The molecule has 2 aromatic rings. The van der Waals surface area contributed by atoms with Crippen LogP contribution in [0.15, 0.2) is 48.5 Å². The minimum atomic E-state index is -0.362. The Bertz CT molecular complexity index is 1080. The van der Waals surface area contributed by atoms with Crippen LogP contribution < -0.4 is 0 Å². The van der Waals surface area contributed by atoms with Gasteiger partial charge in [0.15, 0.2) is 0 Å². The molecular weight excluding hydrogens is 702 g/mol. The van der Waals surface area contributed by atoms with E-state index in [1.165, 1.54) is 27.2 Å². The molecule has 2 aromatic carbocycles. The molecule has 0 saturated heterocycles. The number of ether oxygens (including phenoxy) is 10. The number of fused-ring (bicyclic) bond motifs is 3. The predicted molar refractivity (Wildman–Crippen MR) is 189 cm³/mol. The topological polar surface area (TPSA) is 113 Å². The van der Waals surface area contributed by atoms with Crippen LogP contribution in [0.5, 0.6) is 0 Å². The molecule has 13 heteroatoms. The summed E-state index contributed by atoms with van der Waals surface area (Å²) in [5.74, 6) is 0.0418. The molecule has 12 nitrogen and oxygen atoms in total. The summed E-state index contributed by atoms with van der Waals surface area (Å²) in [7, 11) is 1.72. The molecule has 3 rings (SSSR count). The van der Waals surface area contributed by atoms with Crippen LogP contribution in [0.1, 0.15) is 17.0 Å². The van der Waals surface area contributed by atoms with E-state index in [1.54, 1.807) is 7.05 Å². The molecule has 0 N–H and O–H groups in total. The summed E-state index contributed by atoms with van der Waals surface area (Å²) in [5.41, 5.74) is 4.80. The van der Waals surface area contributed by atoms with E-state index in [0.29, 0.717) is 132 Å². The van der Waals surface area contributed by atoms with Crippen molar-refractivity contribution in [1.29, 1.82) is 0 Å². The highest BCUT2D eigenvalue weighted by molar-refractivity contribution is 9.09. The lowest BCUT2D eigenvalue weighted by atomic mass is 9.98. The molecule has 0 atom stereocenters. The highest BCUT2D eigenvalue weighted by Crippen LogP contribution is 2.44. The van der Waals surface area contributed by atoms with Crippen LogP contribution in [-0.4, -0.2) is 155 Å². The molecule has 1 aliphatic carbocycles. The van der Waals surface area contributed by atoms with Crippen molar-refractivity contribution >= 4 is 22.0 Å². The average Bonchev–Trinajstić information content (AvgIpc) is 3.45. The molecule has 1 amide bonds. The van der Waals surface area contributed by atoms with Gasteiger partial charge in [0, 0.05) is 24.8 Å². The summed E-state index contributed by atoms with van der Waals surface area (Å²) < 4.78 is 54.9. The molecule has 1 aliphatic rings. The fourth-order valence-electron chi connectivity index (χ4n) is 4.91. The first kappa shape index (κ1) is 41.3. The predicted octanol–water partition coefficient (Wildman–Crippen LogP) is 4.41. The standard InChI is InChI=1S/C36H54BrNO11/c1-38(36(39)49-30-35-33-8-4-2-6-31(33)32-7-3-5-9-34(32)35)11-13-41-15-17-43-19-21-45-23-25-47-27-29-48-28-26-46-24-22-44-20-18-42-16-14-40-12-10-37/h2-9,35H,10-30H2,1H3. The molecule has 0 bridgehead atoms. The van der Waals surface area contributed by atoms with E-state index >= 15 is 0 Å². The molecular formula is C36H54BrNO11. The Morgan fingerprint density at radius 3 is 1.22 bits per heavy atom. The Hall–Kier alpha value is -2.17. The Kier molecular flexibility index (Phi) is 23.2. The summed E-state index contributed by atoms with van der Waals surface area (Å²) in [5, 5.41) is 0.833. The lowest BCUT2D eigenvalue weighted by Gasteiger charge is -2.19. The Balaban J connectivity index is 1.01. The summed E-state index contributed by atoms with van der Waals surface area (Å²) in [6.45, 7) is 9.95. The number of benzene rings is 2. The number of amides is 1. The van der Waals surface area contributed by atoms with Crippen LogP contribution >= 0.6 is 15.9 Å². The van der Waals surface area contributed by atoms with Crippen LogP contribution in [0.2, 0.25) is 0 Å². The number of carbonyl (C=O) groups excluding carboxylic acids is 1. The first-order chi connectivity index (χ1) is 24.2. The zero-order valence-corrected chi connectivity index (χ0v) is 30.4. The molecule has 0 heterocycles. The molecule has 0 aliphatic heterocycles. The van der Waals surface area contributed by atoms with E-state index < -0.39 is 0 Å². The van der Waals surface area contributed by atoms with Gasteiger partial charge in [-0.05, 0) is 22.3 Å². The normalized spacial score (nSPS) is 12.3. The van der Waals surface area contributed by atoms with Gasteiger partial charge in [-0.25, -0.2) is 4.79 Å². The van der Waals surface area contributed by atoms with Gasteiger partial charge in [0.1, 0.15) is 6.61 Å². The monoisotopic (exact) mass is 755 g/mol. The van der Waals surface area contributed by atoms with Crippen molar-refractivity contribution in [2.24, 2.45) is 0 Å². The zero-order chi connectivity index (χ0) is 34.6. The van der Waals surface area contributed by atoms with E-state index in [2.05, 4.69) is 40.2 Å². The number of nitrogens with zero attached hydrogens (tertiary/aromatic N) is 1. The van der Waals surface area contributed by atoms with Crippen molar-refractivity contribution in [3.63, 3.8) is 0 Å². The minimum Gasteiger partial charge on any atom is -0.448 e. The number of rotatable bonds is 31. The minimum absolute atomic E-state index is 0.0418. The van der Waals surface area contributed by atoms with Gasteiger partial charge < -0.3 is 52.3 Å². The third-order valence-electron chi connectivity index (χ3n) is 7.42. The second-order valence-corrected chi connectivity index (χ2v) is 11.7. The van der Waals surface area contributed by atoms with Gasteiger partial charge in [0.05, 0.1) is 119 Å². The van der Waals surface area contributed by atoms with E-state index in [4.69, 9.17) is 47.4 Å². The lowest BCUT2D eigenvalue weighted by Crippen LogP contribution is -2.32. The van der Waals surface area contributed by atoms with Crippen LogP contribution in [0.3, 0.4) is 0 Å². The van der Waals surface area contributed by atoms with E-state index in [-0.39, 0.29) is 12.0 Å². The third kappa shape index (κ3) is 17.5. The quantitative estimate of drug-likeness (QED) is 0.0806. The second kappa shape index (κ2) is 27.5. The number of likely N-dealkylation sites (N-methyl/N-ethyl adjacent to an activating group) is 1. The average molecular weight is 757 g/mol. The summed E-state index contributed by atoms with van der Waals surface area (Å²) >= 11 is 3.30. The Morgan fingerprint density at radius 1 is 0.531 bits per heavy atom. The van der Waals surface area contributed by atoms with Crippen LogP contribution in [0.4, 0.5) is 4.79 Å². The van der Waals surface area contributed by atoms with Crippen LogP contribution in [0, 0.1) is 0 Å². The van der Waals surface area contributed by atoms with Crippen LogP contribution in [-0.2, 0) is 47.4 Å². The van der Waals surface area contributed by atoms with E-state index in [9.17, 15) is 4.79 Å². The number of carbonyl (C=O) groups is 1. The van der Waals surface area contributed by atoms with Crippen molar-refractivity contribution in [2.75, 3.05) is 144 Å². The van der Waals surface area contributed by atoms with Crippen molar-refractivity contribution in [3.05, 3.63) is 59.7 Å². The molecule has 276 valence electrons. The van der Waals surface area contributed by atoms with Gasteiger partial charge in [-0.1, -0.05) is 64.5 Å². The van der Waals surface area contributed by atoms with Gasteiger partial charge >= 0.3 is 6.09 Å². The maximum atomic E-state index is 12.6. The van der Waals surface area contributed by atoms with E-state index in [1.807, 2.05) is 24.3 Å². The molecule has 0 unspecified atom stereocenters. The molecule has 0 aromatic heterocycles. The van der Waals surface area contributed by atoms with E-state index in [0.717, 1.165) is 5.33 Å².